The Morgan fingerprint density at radius 3 is 2.59 bits per heavy atom. The Morgan fingerprint density at radius 1 is 1.30 bits per heavy atom. The second-order valence-electron chi connectivity index (χ2n) is 7.99. The van der Waals surface area contributed by atoms with Gasteiger partial charge in [-0.1, -0.05) is 12.1 Å². The van der Waals surface area contributed by atoms with E-state index in [4.69, 9.17) is 4.74 Å². The van der Waals surface area contributed by atoms with Crippen LogP contribution in [0.5, 0.6) is 0 Å². The van der Waals surface area contributed by atoms with Gasteiger partial charge in [-0.2, -0.15) is 0 Å². The molecule has 2 N–H and O–H groups in total. The maximum Gasteiger partial charge on any atom is 0.253 e. The Hall–Kier alpha value is -2.41. The molecule has 0 spiro atoms. The van der Waals surface area contributed by atoms with Crippen molar-refractivity contribution < 1.29 is 19.1 Å². The lowest BCUT2D eigenvalue weighted by molar-refractivity contribution is -0.130. The Balaban J connectivity index is 2.09. The molecule has 0 saturated carbocycles. The Morgan fingerprint density at radius 2 is 1.96 bits per heavy atom. The molecule has 27 heavy (non-hydrogen) atoms. The summed E-state index contributed by atoms with van der Waals surface area (Å²) in [7, 11) is 1.58. The quantitative estimate of drug-likeness (QED) is 0.796. The molecule has 2 rings (SSSR count). The highest BCUT2D eigenvalue weighted by molar-refractivity contribution is 6.05. The lowest BCUT2D eigenvalue weighted by atomic mass is 10.1. The first-order valence-electron chi connectivity index (χ1n) is 9.13. The number of methoxy groups -OCH3 is 1. The third-order valence-electron chi connectivity index (χ3n) is 4.39. The van der Waals surface area contributed by atoms with Crippen LogP contribution in [0.2, 0.25) is 0 Å². The molecule has 1 heterocycles. The average Bonchev–Trinajstić information content (AvgIpc) is 2.96. The molecule has 2 atom stereocenters. The first kappa shape index (κ1) is 20.9. The van der Waals surface area contributed by atoms with E-state index in [1.807, 2.05) is 27.7 Å². The van der Waals surface area contributed by atoms with E-state index in [0.29, 0.717) is 24.4 Å². The Kier molecular flexibility index (Phi) is 6.59. The number of benzene rings is 1. The maximum absolute atomic E-state index is 12.7. The third kappa shape index (κ3) is 5.53. The number of rotatable bonds is 6. The largest absolute Gasteiger partial charge is 0.383 e. The minimum Gasteiger partial charge on any atom is -0.383 e. The van der Waals surface area contributed by atoms with Crippen molar-refractivity contribution in [3.05, 3.63) is 29.8 Å². The van der Waals surface area contributed by atoms with Crippen molar-refractivity contribution in [1.29, 1.82) is 0 Å². The van der Waals surface area contributed by atoms with Crippen molar-refractivity contribution in [2.75, 3.05) is 25.6 Å². The monoisotopic (exact) mass is 375 g/mol. The maximum atomic E-state index is 12.7. The summed E-state index contributed by atoms with van der Waals surface area (Å²) >= 11 is 0. The van der Waals surface area contributed by atoms with E-state index in [2.05, 4.69) is 10.6 Å². The van der Waals surface area contributed by atoms with Crippen molar-refractivity contribution in [3.63, 3.8) is 0 Å². The highest BCUT2D eigenvalue weighted by Crippen LogP contribution is 2.23. The Labute approximate surface area is 160 Å². The lowest BCUT2D eigenvalue weighted by Crippen LogP contribution is -2.41. The smallest absolute Gasteiger partial charge is 0.253 e. The molecule has 0 unspecified atom stereocenters. The van der Waals surface area contributed by atoms with Crippen LogP contribution in [-0.4, -0.2) is 54.5 Å². The molecule has 1 aliphatic heterocycles. The molecule has 0 aromatic heterocycles. The highest BCUT2D eigenvalue weighted by atomic mass is 16.5. The fraction of sp³-hybridized carbons (Fsp3) is 0.550. The molecule has 0 aliphatic carbocycles. The van der Waals surface area contributed by atoms with E-state index in [-0.39, 0.29) is 35.7 Å². The number of amides is 3. The number of likely N-dealkylation sites (tertiary alicyclic amines) is 1. The molecule has 0 radical (unpaired) electrons. The second kappa shape index (κ2) is 8.52. The van der Waals surface area contributed by atoms with Crippen LogP contribution in [0.4, 0.5) is 5.69 Å². The van der Waals surface area contributed by atoms with Crippen LogP contribution in [0, 0.1) is 5.92 Å². The molecule has 7 nitrogen and oxygen atoms in total. The van der Waals surface area contributed by atoms with Crippen LogP contribution in [0.1, 0.15) is 44.5 Å². The van der Waals surface area contributed by atoms with Gasteiger partial charge in [0.05, 0.1) is 29.8 Å². The number of nitrogens with zero attached hydrogens (tertiary/aromatic N) is 1. The fourth-order valence-electron chi connectivity index (χ4n) is 3.10. The highest BCUT2D eigenvalue weighted by Gasteiger charge is 2.36. The average molecular weight is 375 g/mol. The molecule has 1 fully saturated rings. The van der Waals surface area contributed by atoms with Crippen LogP contribution in [-0.2, 0) is 14.3 Å². The number of ether oxygens (including phenoxy) is 1. The molecule has 3 amide bonds. The van der Waals surface area contributed by atoms with Gasteiger partial charge in [-0.25, -0.2) is 0 Å². The van der Waals surface area contributed by atoms with E-state index in [0.717, 1.165) is 0 Å². The third-order valence-corrected chi connectivity index (χ3v) is 4.39. The SMILES string of the molecule is COC[C@H](C)N1C[C@@H](C(=O)Nc2ccccc2C(=O)NC(C)(C)C)CC1=O. The zero-order chi connectivity index (χ0) is 20.2. The number of hydrogen-bond acceptors (Lipinski definition) is 4. The number of nitrogens with one attached hydrogen (secondary N) is 2. The van der Waals surface area contributed by atoms with E-state index >= 15 is 0 Å². The first-order valence-corrected chi connectivity index (χ1v) is 9.13. The minimum absolute atomic E-state index is 0.0570. The van der Waals surface area contributed by atoms with Gasteiger partial charge >= 0.3 is 0 Å². The lowest BCUT2D eigenvalue weighted by Gasteiger charge is -2.24. The van der Waals surface area contributed by atoms with Gasteiger partial charge in [0.1, 0.15) is 0 Å². The summed E-state index contributed by atoms with van der Waals surface area (Å²) < 4.78 is 5.10. The van der Waals surface area contributed by atoms with Gasteiger partial charge < -0.3 is 20.3 Å². The van der Waals surface area contributed by atoms with Gasteiger partial charge in [0.2, 0.25) is 11.8 Å². The van der Waals surface area contributed by atoms with Gasteiger partial charge in [-0.05, 0) is 39.8 Å². The summed E-state index contributed by atoms with van der Waals surface area (Å²) in [5, 5.41) is 5.72. The standard InChI is InChI=1S/C20H29N3O4/c1-13(12-27-5)23-11-14(10-17(23)24)18(25)21-16-9-7-6-8-15(16)19(26)22-20(2,3)4/h6-9,13-14H,10-12H2,1-5H3,(H,21,25)(H,22,26)/t13-,14-/m0/s1. The van der Waals surface area contributed by atoms with E-state index in [9.17, 15) is 14.4 Å². The van der Waals surface area contributed by atoms with Crippen molar-refractivity contribution >= 4 is 23.4 Å². The topological polar surface area (TPSA) is 87.7 Å². The molecular weight excluding hydrogens is 346 g/mol. The second-order valence-corrected chi connectivity index (χ2v) is 7.99. The number of carbonyl (C=O) groups excluding carboxylic acids is 3. The van der Waals surface area contributed by atoms with E-state index in [1.165, 1.54) is 0 Å². The van der Waals surface area contributed by atoms with Crippen molar-refractivity contribution in [3.8, 4) is 0 Å². The van der Waals surface area contributed by atoms with E-state index in [1.54, 1.807) is 36.3 Å². The summed E-state index contributed by atoms with van der Waals surface area (Å²) in [5.41, 5.74) is 0.458. The number of carbonyl (C=O) groups is 3. The molecule has 7 heteroatoms. The van der Waals surface area contributed by atoms with Crippen LogP contribution in [0.3, 0.4) is 0 Å². The minimum atomic E-state index is -0.449. The van der Waals surface area contributed by atoms with Crippen LogP contribution in [0.25, 0.3) is 0 Å². The van der Waals surface area contributed by atoms with Crippen LogP contribution in [0.15, 0.2) is 24.3 Å². The predicted octanol–water partition coefficient (Wildman–Crippen LogP) is 2.04. The summed E-state index contributed by atoms with van der Waals surface area (Å²) in [4.78, 5) is 39.1. The molecule has 1 aromatic rings. The van der Waals surface area contributed by atoms with Crippen LogP contribution < -0.4 is 10.6 Å². The summed E-state index contributed by atoms with van der Waals surface area (Å²) in [6.07, 6.45) is 0.163. The zero-order valence-corrected chi connectivity index (χ0v) is 16.7. The van der Waals surface area contributed by atoms with Gasteiger partial charge in [0.25, 0.3) is 5.91 Å². The van der Waals surface area contributed by atoms with Gasteiger partial charge in [0.15, 0.2) is 0 Å². The van der Waals surface area contributed by atoms with Crippen molar-refractivity contribution in [2.24, 2.45) is 5.92 Å². The first-order chi connectivity index (χ1) is 12.6. The molecular formula is C20H29N3O4. The molecule has 148 valence electrons. The number of hydrogen-bond donors (Lipinski definition) is 2. The fourth-order valence-corrected chi connectivity index (χ4v) is 3.10. The molecule has 1 aromatic carbocycles. The van der Waals surface area contributed by atoms with Gasteiger partial charge in [-0.15, -0.1) is 0 Å². The van der Waals surface area contributed by atoms with Gasteiger partial charge in [0, 0.05) is 25.6 Å². The number of para-hydroxylation sites is 1. The van der Waals surface area contributed by atoms with Crippen LogP contribution >= 0.6 is 0 Å². The van der Waals surface area contributed by atoms with Gasteiger partial charge in [-0.3, -0.25) is 14.4 Å². The zero-order valence-electron chi connectivity index (χ0n) is 16.7. The van der Waals surface area contributed by atoms with Crippen molar-refractivity contribution in [2.45, 2.75) is 45.7 Å². The number of anilines is 1. The predicted molar refractivity (Wildman–Crippen MR) is 103 cm³/mol. The summed E-state index contributed by atoms with van der Waals surface area (Å²) in [5.74, 6) is -1.02. The normalized spacial score (nSPS) is 18.3. The molecule has 1 saturated heterocycles. The molecule has 1 aliphatic rings. The van der Waals surface area contributed by atoms with E-state index < -0.39 is 5.92 Å². The molecule has 0 bridgehead atoms. The summed E-state index contributed by atoms with van der Waals surface area (Å²) in [6, 6.07) is 6.79. The summed E-state index contributed by atoms with van der Waals surface area (Å²) in [6.45, 7) is 8.36. The Bertz CT molecular complexity index is 711. The van der Waals surface area contributed by atoms with Crippen molar-refractivity contribution in [1.82, 2.24) is 10.2 Å².